The van der Waals surface area contributed by atoms with Gasteiger partial charge in [-0.05, 0) is 37.5 Å². The molecule has 6 nitrogen and oxygen atoms in total. The summed E-state index contributed by atoms with van der Waals surface area (Å²) in [6.45, 7) is 2.38. The fourth-order valence-electron chi connectivity index (χ4n) is 2.71. The van der Waals surface area contributed by atoms with Crippen LogP contribution in [0.2, 0.25) is 0 Å². The number of sulfonamides is 1. The Kier molecular flexibility index (Phi) is 4.65. The van der Waals surface area contributed by atoms with E-state index in [0.29, 0.717) is 18.7 Å². The number of nitrogens with two attached hydrogens (primary N) is 1. The van der Waals surface area contributed by atoms with Crippen molar-refractivity contribution in [1.82, 2.24) is 4.31 Å². The van der Waals surface area contributed by atoms with Gasteiger partial charge in [-0.25, -0.2) is 13.2 Å². The molecule has 0 spiro atoms. The fraction of sp³-hybridized carbons (Fsp3) is 0.500. The van der Waals surface area contributed by atoms with Crippen LogP contribution in [0, 0.1) is 6.92 Å². The zero-order chi connectivity index (χ0) is 15.6. The zero-order valence-corrected chi connectivity index (χ0v) is 13.0. The molecule has 1 aliphatic heterocycles. The highest BCUT2D eigenvalue weighted by atomic mass is 32.2. The van der Waals surface area contributed by atoms with Crippen molar-refractivity contribution in [2.75, 3.05) is 20.2 Å². The number of carbonyl (C=O) groups excluding carboxylic acids is 1. The third kappa shape index (κ3) is 2.81. The topological polar surface area (TPSA) is 89.7 Å². The van der Waals surface area contributed by atoms with Gasteiger partial charge in [-0.1, -0.05) is 6.07 Å². The van der Waals surface area contributed by atoms with Gasteiger partial charge in [0, 0.05) is 19.1 Å². The Labute approximate surface area is 124 Å². The summed E-state index contributed by atoms with van der Waals surface area (Å²) in [7, 11) is -2.38. The molecule has 1 aliphatic rings. The Hall–Kier alpha value is -1.44. The summed E-state index contributed by atoms with van der Waals surface area (Å²) < 4.78 is 31.7. The molecule has 0 saturated carbocycles. The first-order valence-corrected chi connectivity index (χ1v) is 8.27. The number of carbonyl (C=O) groups is 1. The zero-order valence-electron chi connectivity index (χ0n) is 12.2. The Morgan fingerprint density at radius 1 is 1.48 bits per heavy atom. The van der Waals surface area contributed by atoms with E-state index in [9.17, 15) is 13.2 Å². The first kappa shape index (κ1) is 15.9. The number of benzene rings is 1. The van der Waals surface area contributed by atoms with E-state index in [1.807, 2.05) is 0 Å². The van der Waals surface area contributed by atoms with Gasteiger partial charge >= 0.3 is 5.97 Å². The minimum absolute atomic E-state index is 0.144. The SMILES string of the molecule is COC(=O)c1cccc(S(=O)(=O)N2CCCC2CN)c1C. The van der Waals surface area contributed by atoms with E-state index in [4.69, 9.17) is 5.73 Å². The number of hydrogen-bond donors (Lipinski definition) is 1. The van der Waals surface area contributed by atoms with Gasteiger partial charge < -0.3 is 10.5 Å². The van der Waals surface area contributed by atoms with Gasteiger partial charge in [0.15, 0.2) is 0 Å². The maximum Gasteiger partial charge on any atom is 0.338 e. The van der Waals surface area contributed by atoms with Crippen LogP contribution in [0.25, 0.3) is 0 Å². The molecule has 1 aromatic carbocycles. The molecule has 1 aromatic rings. The van der Waals surface area contributed by atoms with Crippen LogP contribution in [0.1, 0.15) is 28.8 Å². The molecular formula is C14H20N2O4S. The standard InChI is InChI=1S/C14H20N2O4S/c1-10-12(14(17)20-2)6-3-7-13(10)21(18,19)16-8-4-5-11(16)9-15/h3,6-7,11H,4-5,8-9,15H2,1-2H3. The van der Waals surface area contributed by atoms with Crippen LogP contribution in [0.3, 0.4) is 0 Å². The number of rotatable bonds is 4. The summed E-state index contributed by atoms with van der Waals surface area (Å²) in [5.41, 5.74) is 6.33. The molecule has 1 atom stereocenters. The second kappa shape index (κ2) is 6.13. The minimum Gasteiger partial charge on any atom is -0.465 e. The third-order valence-corrected chi connectivity index (χ3v) is 5.97. The van der Waals surface area contributed by atoms with Gasteiger partial charge in [0.05, 0.1) is 17.6 Å². The molecule has 0 radical (unpaired) electrons. The molecule has 0 aliphatic carbocycles. The van der Waals surface area contributed by atoms with E-state index in [1.165, 1.54) is 17.5 Å². The number of nitrogens with zero attached hydrogens (tertiary/aromatic N) is 1. The Morgan fingerprint density at radius 2 is 2.19 bits per heavy atom. The lowest BCUT2D eigenvalue weighted by Gasteiger charge is -2.24. The Morgan fingerprint density at radius 3 is 2.81 bits per heavy atom. The summed E-state index contributed by atoms with van der Waals surface area (Å²) in [6.07, 6.45) is 1.57. The molecule has 1 fully saturated rings. The summed E-state index contributed by atoms with van der Waals surface area (Å²) in [5, 5.41) is 0. The van der Waals surface area contributed by atoms with E-state index < -0.39 is 16.0 Å². The van der Waals surface area contributed by atoms with Crippen molar-refractivity contribution in [3.8, 4) is 0 Å². The molecular weight excluding hydrogens is 292 g/mol. The molecule has 1 unspecified atom stereocenters. The minimum atomic E-state index is -3.65. The molecule has 1 saturated heterocycles. The molecule has 7 heteroatoms. The van der Waals surface area contributed by atoms with Crippen LogP contribution in [-0.2, 0) is 14.8 Å². The van der Waals surface area contributed by atoms with Gasteiger partial charge in [-0.15, -0.1) is 0 Å². The second-order valence-corrected chi connectivity index (χ2v) is 6.93. The molecule has 1 heterocycles. The van der Waals surface area contributed by atoms with Gasteiger partial charge in [0.25, 0.3) is 0 Å². The van der Waals surface area contributed by atoms with E-state index in [1.54, 1.807) is 19.1 Å². The number of esters is 1. The van der Waals surface area contributed by atoms with Crippen molar-refractivity contribution in [1.29, 1.82) is 0 Å². The van der Waals surface area contributed by atoms with Crippen LogP contribution in [0.5, 0.6) is 0 Å². The molecule has 0 amide bonds. The first-order valence-electron chi connectivity index (χ1n) is 6.83. The van der Waals surface area contributed by atoms with Gasteiger partial charge in [0.1, 0.15) is 0 Å². The highest BCUT2D eigenvalue weighted by molar-refractivity contribution is 7.89. The normalized spacial score (nSPS) is 19.7. The largest absolute Gasteiger partial charge is 0.465 e. The highest BCUT2D eigenvalue weighted by Crippen LogP contribution is 2.28. The van der Waals surface area contributed by atoms with Gasteiger partial charge in [0.2, 0.25) is 10.0 Å². The van der Waals surface area contributed by atoms with Crippen molar-refractivity contribution in [2.45, 2.75) is 30.7 Å². The monoisotopic (exact) mass is 312 g/mol. The summed E-state index contributed by atoms with van der Waals surface area (Å²) in [5.74, 6) is -0.540. The number of ether oxygens (including phenoxy) is 1. The molecule has 116 valence electrons. The van der Waals surface area contributed by atoms with Crippen LogP contribution >= 0.6 is 0 Å². The van der Waals surface area contributed by atoms with Crippen molar-refractivity contribution >= 4 is 16.0 Å². The predicted molar refractivity (Wildman–Crippen MR) is 78.5 cm³/mol. The maximum absolute atomic E-state index is 12.8. The van der Waals surface area contributed by atoms with Crippen molar-refractivity contribution in [2.24, 2.45) is 5.73 Å². The third-order valence-electron chi connectivity index (χ3n) is 3.87. The summed E-state index contributed by atoms with van der Waals surface area (Å²) in [4.78, 5) is 11.8. The average molecular weight is 312 g/mol. The summed E-state index contributed by atoms with van der Waals surface area (Å²) >= 11 is 0. The number of hydrogen-bond acceptors (Lipinski definition) is 5. The summed E-state index contributed by atoms with van der Waals surface area (Å²) in [6, 6.07) is 4.46. The molecule has 2 N–H and O–H groups in total. The Bertz CT molecular complexity index is 642. The first-order chi connectivity index (χ1) is 9.93. The molecule has 0 bridgehead atoms. The predicted octanol–water partition coefficient (Wildman–Crippen LogP) is 0.893. The van der Waals surface area contributed by atoms with E-state index >= 15 is 0 Å². The van der Waals surface area contributed by atoms with Crippen LogP contribution in [0.15, 0.2) is 23.1 Å². The smallest absolute Gasteiger partial charge is 0.338 e. The maximum atomic E-state index is 12.8. The van der Waals surface area contributed by atoms with Crippen molar-refractivity contribution in [3.63, 3.8) is 0 Å². The molecule has 0 aromatic heterocycles. The van der Waals surface area contributed by atoms with Crippen molar-refractivity contribution < 1.29 is 17.9 Å². The quantitative estimate of drug-likeness (QED) is 0.834. The van der Waals surface area contributed by atoms with E-state index in [-0.39, 0.29) is 16.5 Å². The van der Waals surface area contributed by atoms with Crippen LogP contribution < -0.4 is 5.73 Å². The lowest BCUT2D eigenvalue weighted by atomic mass is 10.1. The fourth-order valence-corrected chi connectivity index (χ4v) is 4.67. The average Bonchev–Trinajstić information content (AvgIpc) is 2.95. The second-order valence-electron chi connectivity index (χ2n) is 5.07. The van der Waals surface area contributed by atoms with E-state index in [2.05, 4.69) is 4.74 Å². The Balaban J connectivity index is 2.48. The van der Waals surface area contributed by atoms with Crippen molar-refractivity contribution in [3.05, 3.63) is 29.3 Å². The van der Waals surface area contributed by atoms with Crippen LogP contribution in [0.4, 0.5) is 0 Å². The highest BCUT2D eigenvalue weighted by Gasteiger charge is 2.35. The lowest BCUT2D eigenvalue weighted by molar-refractivity contribution is 0.0599. The number of methoxy groups -OCH3 is 1. The van der Waals surface area contributed by atoms with Gasteiger partial charge in [-0.2, -0.15) is 4.31 Å². The molecule has 2 rings (SSSR count). The molecule has 21 heavy (non-hydrogen) atoms. The van der Waals surface area contributed by atoms with E-state index in [0.717, 1.165) is 12.8 Å². The van der Waals surface area contributed by atoms with Crippen LogP contribution in [-0.4, -0.2) is 44.9 Å². The van der Waals surface area contributed by atoms with Gasteiger partial charge in [-0.3, -0.25) is 0 Å². The lowest BCUT2D eigenvalue weighted by Crippen LogP contribution is -2.40.